The lowest BCUT2D eigenvalue weighted by atomic mass is 10.1. The van der Waals surface area contributed by atoms with Crippen LogP contribution in [0.4, 0.5) is 0 Å². The lowest BCUT2D eigenvalue weighted by Gasteiger charge is -2.16. The van der Waals surface area contributed by atoms with E-state index in [2.05, 4.69) is 58.4 Å². The quantitative estimate of drug-likeness (QED) is 0.858. The lowest BCUT2D eigenvalue weighted by Crippen LogP contribution is -2.17. The SMILES string of the molecule is CNCc1cccc(CN(C)Cc2ccsc2)c1. The maximum Gasteiger partial charge on any atom is 0.0242 e. The van der Waals surface area contributed by atoms with E-state index in [0.717, 1.165) is 19.6 Å². The van der Waals surface area contributed by atoms with Crippen LogP contribution in [0.2, 0.25) is 0 Å². The summed E-state index contributed by atoms with van der Waals surface area (Å²) in [6.45, 7) is 2.94. The van der Waals surface area contributed by atoms with Crippen molar-refractivity contribution in [3.63, 3.8) is 0 Å². The summed E-state index contributed by atoms with van der Waals surface area (Å²) in [4.78, 5) is 2.35. The van der Waals surface area contributed by atoms with Crippen LogP contribution < -0.4 is 5.32 Å². The van der Waals surface area contributed by atoms with Crippen LogP contribution in [0.3, 0.4) is 0 Å². The summed E-state index contributed by atoms with van der Waals surface area (Å²) in [6, 6.07) is 11.0. The summed E-state index contributed by atoms with van der Waals surface area (Å²) in [6.07, 6.45) is 0. The third-order valence-electron chi connectivity index (χ3n) is 2.86. The molecule has 0 saturated heterocycles. The van der Waals surface area contributed by atoms with Gasteiger partial charge < -0.3 is 5.32 Å². The summed E-state index contributed by atoms with van der Waals surface area (Å²) in [7, 11) is 4.15. The first-order valence-electron chi connectivity index (χ1n) is 6.20. The second-order valence-electron chi connectivity index (χ2n) is 4.65. The van der Waals surface area contributed by atoms with Crippen LogP contribution in [0.5, 0.6) is 0 Å². The number of thiophene rings is 1. The molecule has 96 valence electrons. The van der Waals surface area contributed by atoms with Crippen molar-refractivity contribution in [2.45, 2.75) is 19.6 Å². The monoisotopic (exact) mass is 260 g/mol. The Bertz CT molecular complexity index is 465. The van der Waals surface area contributed by atoms with Crippen molar-refractivity contribution in [2.24, 2.45) is 0 Å². The summed E-state index contributed by atoms with van der Waals surface area (Å²) >= 11 is 1.76. The maximum absolute atomic E-state index is 3.19. The first-order valence-corrected chi connectivity index (χ1v) is 7.14. The molecule has 1 aromatic heterocycles. The molecule has 0 aliphatic heterocycles. The van der Waals surface area contributed by atoms with E-state index in [-0.39, 0.29) is 0 Å². The van der Waals surface area contributed by atoms with Gasteiger partial charge in [-0.1, -0.05) is 24.3 Å². The Labute approximate surface area is 113 Å². The second kappa shape index (κ2) is 6.69. The highest BCUT2D eigenvalue weighted by Crippen LogP contribution is 2.12. The number of hydrogen-bond acceptors (Lipinski definition) is 3. The van der Waals surface area contributed by atoms with Crippen molar-refractivity contribution in [1.29, 1.82) is 0 Å². The van der Waals surface area contributed by atoms with Gasteiger partial charge in [0, 0.05) is 19.6 Å². The number of hydrogen-bond donors (Lipinski definition) is 1. The van der Waals surface area contributed by atoms with Crippen LogP contribution in [0.1, 0.15) is 16.7 Å². The molecule has 0 radical (unpaired) electrons. The topological polar surface area (TPSA) is 15.3 Å². The Morgan fingerprint density at radius 2 is 1.89 bits per heavy atom. The largest absolute Gasteiger partial charge is 0.316 e. The molecule has 0 aliphatic rings. The molecular weight excluding hydrogens is 240 g/mol. The highest BCUT2D eigenvalue weighted by atomic mass is 32.1. The minimum Gasteiger partial charge on any atom is -0.316 e. The Morgan fingerprint density at radius 1 is 1.11 bits per heavy atom. The van der Waals surface area contributed by atoms with Gasteiger partial charge in [-0.05, 0) is 47.6 Å². The molecule has 1 N–H and O–H groups in total. The second-order valence-corrected chi connectivity index (χ2v) is 5.43. The molecular formula is C15H20N2S. The van der Waals surface area contributed by atoms with Crippen LogP contribution >= 0.6 is 11.3 Å². The Kier molecular flexibility index (Phi) is 4.93. The zero-order valence-electron chi connectivity index (χ0n) is 11.0. The minimum atomic E-state index is 0.933. The van der Waals surface area contributed by atoms with Crippen molar-refractivity contribution in [3.05, 3.63) is 57.8 Å². The molecule has 0 bridgehead atoms. The molecule has 0 amide bonds. The van der Waals surface area contributed by atoms with Crippen LogP contribution in [0.15, 0.2) is 41.1 Å². The van der Waals surface area contributed by atoms with Crippen LogP contribution in [0, 0.1) is 0 Å². The molecule has 0 saturated carbocycles. The highest BCUT2D eigenvalue weighted by molar-refractivity contribution is 7.07. The minimum absolute atomic E-state index is 0.933. The molecule has 3 heteroatoms. The van der Waals surface area contributed by atoms with Gasteiger partial charge in [-0.15, -0.1) is 0 Å². The smallest absolute Gasteiger partial charge is 0.0242 e. The van der Waals surface area contributed by atoms with E-state index in [4.69, 9.17) is 0 Å². The summed E-state index contributed by atoms with van der Waals surface area (Å²) in [5.41, 5.74) is 4.12. The van der Waals surface area contributed by atoms with Crippen molar-refractivity contribution in [1.82, 2.24) is 10.2 Å². The first-order chi connectivity index (χ1) is 8.78. The average Bonchev–Trinajstić information content (AvgIpc) is 2.82. The zero-order chi connectivity index (χ0) is 12.8. The fraction of sp³-hybridized carbons (Fsp3) is 0.333. The van der Waals surface area contributed by atoms with E-state index in [9.17, 15) is 0 Å². The number of nitrogens with zero attached hydrogens (tertiary/aromatic N) is 1. The van der Waals surface area contributed by atoms with Crippen molar-refractivity contribution < 1.29 is 0 Å². The third-order valence-corrected chi connectivity index (χ3v) is 3.59. The number of nitrogens with one attached hydrogen (secondary N) is 1. The van der Waals surface area contributed by atoms with Gasteiger partial charge in [0.15, 0.2) is 0 Å². The van der Waals surface area contributed by atoms with Gasteiger partial charge in [0.1, 0.15) is 0 Å². The third kappa shape index (κ3) is 3.95. The fourth-order valence-corrected chi connectivity index (χ4v) is 2.76. The van der Waals surface area contributed by atoms with Crippen LogP contribution in [-0.2, 0) is 19.6 Å². The van der Waals surface area contributed by atoms with Gasteiger partial charge in [-0.3, -0.25) is 4.90 Å². The van der Waals surface area contributed by atoms with Gasteiger partial charge in [-0.2, -0.15) is 11.3 Å². The van der Waals surface area contributed by atoms with Crippen LogP contribution in [-0.4, -0.2) is 19.0 Å². The molecule has 1 heterocycles. The molecule has 1 aromatic carbocycles. The maximum atomic E-state index is 3.19. The van der Waals surface area contributed by atoms with E-state index in [0.29, 0.717) is 0 Å². The number of rotatable bonds is 6. The average molecular weight is 260 g/mol. The van der Waals surface area contributed by atoms with Gasteiger partial charge >= 0.3 is 0 Å². The van der Waals surface area contributed by atoms with Gasteiger partial charge in [0.05, 0.1) is 0 Å². The molecule has 2 nitrogen and oxygen atoms in total. The van der Waals surface area contributed by atoms with Gasteiger partial charge in [-0.25, -0.2) is 0 Å². The predicted molar refractivity (Wildman–Crippen MR) is 78.7 cm³/mol. The molecule has 0 spiro atoms. The van der Waals surface area contributed by atoms with Crippen LogP contribution in [0.25, 0.3) is 0 Å². The molecule has 2 rings (SSSR count). The standard InChI is InChI=1S/C15H20N2S/c1-16-9-13-4-3-5-14(8-13)10-17(2)11-15-6-7-18-12-15/h3-8,12,16H,9-11H2,1-2H3. The molecule has 0 atom stereocenters. The predicted octanol–water partition coefficient (Wildman–Crippen LogP) is 3.10. The van der Waals surface area contributed by atoms with E-state index < -0.39 is 0 Å². The summed E-state index contributed by atoms with van der Waals surface area (Å²) in [5, 5.41) is 7.54. The highest BCUT2D eigenvalue weighted by Gasteiger charge is 2.03. The van der Waals surface area contributed by atoms with E-state index in [1.165, 1.54) is 16.7 Å². The van der Waals surface area contributed by atoms with E-state index in [1.807, 2.05) is 7.05 Å². The molecule has 18 heavy (non-hydrogen) atoms. The van der Waals surface area contributed by atoms with Crippen molar-refractivity contribution in [3.8, 4) is 0 Å². The van der Waals surface area contributed by atoms with Crippen molar-refractivity contribution in [2.75, 3.05) is 14.1 Å². The molecule has 0 aliphatic carbocycles. The summed E-state index contributed by atoms with van der Waals surface area (Å²) in [5.74, 6) is 0. The molecule has 2 aromatic rings. The van der Waals surface area contributed by atoms with Gasteiger partial charge in [0.25, 0.3) is 0 Å². The Balaban J connectivity index is 1.93. The van der Waals surface area contributed by atoms with E-state index >= 15 is 0 Å². The Morgan fingerprint density at radius 3 is 2.61 bits per heavy atom. The Hall–Kier alpha value is -1.16. The zero-order valence-corrected chi connectivity index (χ0v) is 11.8. The molecule has 0 fully saturated rings. The van der Waals surface area contributed by atoms with Crippen molar-refractivity contribution >= 4 is 11.3 Å². The first kappa shape index (κ1) is 13.3. The van der Waals surface area contributed by atoms with Gasteiger partial charge in [0.2, 0.25) is 0 Å². The lowest BCUT2D eigenvalue weighted by molar-refractivity contribution is 0.319. The number of benzene rings is 1. The van der Waals surface area contributed by atoms with E-state index in [1.54, 1.807) is 11.3 Å². The normalized spacial score (nSPS) is 11.1. The molecule has 0 unspecified atom stereocenters. The fourth-order valence-electron chi connectivity index (χ4n) is 2.10. The summed E-state index contributed by atoms with van der Waals surface area (Å²) < 4.78 is 0.